The molecule has 0 aliphatic heterocycles. The van der Waals surface area contributed by atoms with Crippen molar-refractivity contribution in [1.82, 2.24) is 43.6 Å². The van der Waals surface area contributed by atoms with E-state index in [1.54, 1.807) is 34.0 Å². The maximum absolute atomic E-state index is 5.32. The van der Waals surface area contributed by atoms with Crippen LogP contribution in [0, 0.1) is 0 Å². The zero-order valence-electron chi connectivity index (χ0n) is 71.1. The summed E-state index contributed by atoms with van der Waals surface area (Å²) < 4.78 is 14.0. The van der Waals surface area contributed by atoms with Crippen molar-refractivity contribution in [2.24, 2.45) is 0 Å². The van der Waals surface area contributed by atoms with E-state index in [4.69, 9.17) is 29.9 Å². The van der Waals surface area contributed by atoms with Gasteiger partial charge in [-0.2, -0.15) is 0 Å². The van der Waals surface area contributed by atoms with Crippen molar-refractivity contribution in [1.29, 1.82) is 0 Å². The second kappa shape index (κ2) is 32.8. The molecule has 0 saturated heterocycles. The van der Waals surface area contributed by atoms with Gasteiger partial charge in [0.05, 0.1) is 80.8 Å². The molecule has 0 aliphatic carbocycles. The number of nitrogens with zero attached hydrogens (tertiary/aromatic N) is 9. The van der Waals surface area contributed by atoms with E-state index in [1.165, 1.54) is 124 Å². The number of benzene rings is 18. The SMILES string of the molecule is c1ccc(-c2ccc(-c3nc(-c4ccc5c(c4)c4ccccc4n5-c4ccccc4)nc4c3sc3ccccc34)cc2)cc1.c1ccc(-c2ccc(-n3c4ccccc4c4cc(-c5nc(-c6ccccc6)c6sc7ccccc7c6n5)ccc43)cc2)cc1.c1ccc(-c2cccc(-c3nc(-c4ccc5c(c4)c4ccccc4n5-c4ccccc4)nc4c3sc3ccccc34)c2)cc1. The topological polar surface area (TPSA) is 92.1 Å². The van der Waals surface area contributed by atoms with Gasteiger partial charge in [0.2, 0.25) is 0 Å². The zero-order chi connectivity index (χ0) is 87.1. The fourth-order valence-corrected chi connectivity index (χ4v) is 22.5. The van der Waals surface area contributed by atoms with Gasteiger partial charge in [0, 0.05) is 113 Å². The van der Waals surface area contributed by atoms with Crippen molar-refractivity contribution < 1.29 is 0 Å². The maximum atomic E-state index is 5.32. The Morgan fingerprint density at radius 1 is 0.152 bits per heavy atom. The first-order chi connectivity index (χ1) is 65.4. The number of fused-ring (bicyclic) bond motifs is 18. The van der Waals surface area contributed by atoms with Gasteiger partial charge >= 0.3 is 0 Å². The van der Waals surface area contributed by atoms with E-state index < -0.39 is 0 Å². The molecule has 0 spiro atoms. The van der Waals surface area contributed by atoms with Gasteiger partial charge in [0.25, 0.3) is 0 Å². The quantitative estimate of drug-likeness (QED) is 0.121. The van der Waals surface area contributed by atoms with E-state index in [9.17, 15) is 0 Å². The van der Waals surface area contributed by atoms with Gasteiger partial charge in [-0.1, -0.05) is 322 Å². The summed E-state index contributed by atoms with van der Waals surface area (Å²) in [6.07, 6.45) is 0. The minimum absolute atomic E-state index is 0.736. The van der Waals surface area contributed by atoms with E-state index in [0.29, 0.717) is 0 Å². The monoisotopic (exact) mass is 1740 g/mol. The van der Waals surface area contributed by atoms with E-state index in [1.807, 2.05) is 6.07 Å². The van der Waals surface area contributed by atoms with Gasteiger partial charge in [0.1, 0.15) is 0 Å². The van der Waals surface area contributed by atoms with Crippen LogP contribution in [0.5, 0.6) is 0 Å². The first-order valence-corrected chi connectivity index (χ1v) is 46.7. The number of aromatic nitrogens is 9. The van der Waals surface area contributed by atoms with Gasteiger partial charge in [0.15, 0.2) is 17.5 Å². The standard InChI is InChI=1S/3C40H25N3S/c1-3-12-26(13-4-1)27-14-11-15-28(24-27)37-39-38(32-19-8-10-21-36(32)44-39)42-40(41-37)29-22-23-35-33(25-29)31-18-7-9-20-34(31)43(35)30-16-5-2-6-17-30;1-3-11-26(12-4-1)27-19-22-30(23-20-27)43-34-17-9-7-15-31(34)33-25-29(21-24-35(33)43)40-41-37(28-13-5-2-6-14-28)39-38(42-40)32-16-8-10-18-36(32)44-39;1-3-11-26(12-4-1)27-19-21-28(22-20-27)37-39-38(32-16-8-10-18-36(32)44-39)42-40(41-37)29-23-24-35-33(25-29)31-15-7-9-17-34(31)43(35)30-13-5-2-6-14-30/h3*1-25H. The van der Waals surface area contributed by atoms with E-state index >= 15 is 0 Å². The minimum atomic E-state index is 0.736. The fourth-order valence-electron chi connectivity index (χ4n) is 19.0. The molecule has 18 aromatic carbocycles. The van der Waals surface area contributed by atoms with Crippen LogP contribution in [-0.2, 0) is 0 Å². The number of thiophene rings is 3. The molecule has 27 aromatic rings. The van der Waals surface area contributed by atoms with Crippen molar-refractivity contribution in [3.05, 3.63) is 455 Å². The summed E-state index contributed by atoms with van der Waals surface area (Å²) in [6.45, 7) is 0. The van der Waals surface area contributed by atoms with Crippen LogP contribution < -0.4 is 0 Å². The van der Waals surface area contributed by atoms with E-state index in [2.05, 4.69) is 463 Å². The fraction of sp³-hybridized carbons (Fsp3) is 0. The van der Waals surface area contributed by atoms with Crippen molar-refractivity contribution in [2.45, 2.75) is 0 Å². The molecule has 12 heteroatoms. The lowest BCUT2D eigenvalue weighted by atomic mass is 10.0. The molecule has 618 valence electrons. The van der Waals surface area contributed by atoms with Crippen LogP contribution in [0.1, 0.15) is 0 Å². The molecule has 9 aromatic heterocycles. The maximum Gasteiger partial charge on any atom is 0.160 e. The second-order valence-corrected chi connectivity index (χ2v) is 36.3. The largest absolute Gasteiger partial charge is 0.309 e. The van der Waals surface area contributed by atoms with Crippen LogP contribution in [-0.4, -0.2) is 43.6 Å². The third kappa shape index (κ3) is 13.7. The lowest BCUT2D eigenvalue weighted by molar-refractivity contribution is 1.18. The van der Waals surface area contributed by atoms with E-state index in [0.717, 1.165) is 121 Å². The molecule has 0 N–H and O–H groups in total. The molecule has 0 radical (unpaired) electrons. The lowest BCUT2D eigenvalue weighted by Gasteiger charge is -2.10. The summed E-state index contributed by atoms with van der Waals surface area (Å²) in [5.41, 5.74) is 29.9. The summed E-state index contributed by atoms with van der Waals surface area (Å²) in [4.78, 5) is 31.5. The molecular formula is C120H75N9S3. The van der Waals surface area contributed by atoms with E-state index in [-0.39, 0.29) is 0 Å². The molecule has 0 saturated carbocycles. The molecule has 9 nitrogen and oxygen atoms in total. The Balaban J connectivity index is 0.000000106. The van der Waals surface area contributed by atoms with Crippen LogP contribution in [0.3, 0.4) is 0 Å². The first-order valence-electron chi connectivity index (χ1n) is 44.3. The molecule has 0 bridgehead atoms. The second-order valence-electron chi connectivity index (χ2n) is 33.1. The highest BCUT2D eigenvalue weighted by Gasteiger charge is 2.25. The van der Waals surface area contributed by atoms with Crippen LogP contribution in [0.25, 0.3) is 245 Å². The highest BCUT2D eigenvalue weighted by atomic mass is 32.1. The van der Waals surface area contributed by atoms with Crippen LogP contribution in [0.4, 0.5) is 0 Å². The number of para-hydroxylation sites is 5. The lowest BCUT2D eigenvalue weighted by Crippen LogP contribution is -1.95. The summed E-state index contributed by atoms with van der Waals surface area (Å²) >= 11 is 5.29. The Morgan fingerprint density at radius 2 is 0.394 bits per heavy atom. The third-order valence-electron chi connectivity index (χ3n) is 25.3. The number of hydrogen-bond acceptors (Lipinski definition) is 9. The highest BCUT2D eigenvalue weighted by molar-refractivity contribution is 7.27. The number of rotatable bonds is 12. The molecule has 0 atom stereocenters. The summed E-state index contributed by atoms with van der Waals surface area (Å²) in [5.74, 6) is 2.21. The average molecular weight is 1740 g/mol. The molecule has 0 unspecified atom stereocenters. The normalized spacial score (nSPS) is 11.6. The zero-order valence-corrected chi connectivity index (χ0v) is 73.5. The molecule has 0 fully saturated rings. The average Bonchev–Trinajstić information content (AvgIpc) is 1.59. The van der Waals surface area contributed by atoms with Gasteiger partial charge in [-0.15, -0.1) is 34.0 Å². The molecule has 132 heavy (non-hydrogen) atoms. The predicted octanol–water partition coefficient (Wildman–Crippen LogP) is 32.8. The van der Waals surface area contributed by atoms with Gasteiger partial charge in [-0.3, -0.25) is 0 Å². The smallest absolute Gasteiger partial charge is 0.160 e. The number of hydrogen-bond donors (Lipinski definition) is 0. The Morgan fingerprint density at radius 3 is 0.765 bits per heavy atom. The predicted molar refractivity (Wildman–Crippen MR) is 557 cm³/mol. The summed E-state index contributed by atoms with van der Waals surface area (Å²) in [5, 5.41) is 10.7. The van der Waals surface area contributed by atoms with Crippen LogP contribution in [0.2, 0.25) is 0 Å². The molecular weight excluding hydrogens is 1660 g/mol. The first kappa shape index (κ1) is 77.6. The van der Waals surface area contributed by atoms with Gasteiger partial charge < -0.3 is 13.7 Å². The van der Waals surface area contributed by atoms with Crippen LogP contribution >= 0.6 is 34.0 Å². The van der Waals surface area contributed by atoms with Gasteiger partial charge in [-0.05, 0) is 167 Å². The van der Waals surface area contributed by atoms with Crippen molar-refractivity contribution in [3.8, 4) is 118 Å². The Kier molecular flexibility index (Phi) is 19.3. The summed E-state index contributed by atoms with van der Waals surface area (Å²) in [7, 11) is 0. The molecule has 27 rings (SSSR count). The Bertz CT molecular complexity index is 9120. The Hall–Kier alpha value is -16.7. The minimum Gasteiger partial charge on any atom is -0.309 e. The van der Waals surface area contributed by atoms with Gasteiger partial charge in [-0.25, -0.2) is 29.9 Å². The van der Waals surface area contributed by atoms with Crippen molar-refractivity contribution >= 4 is 160 Å². The van der Waals surface area contributed by atoms with Crippen molar-refractivity contribution in [3.63, 3.8) is 0 Å². The van der Waals surface area contributed by atoms with Crippen LogP contribution in [0.15, 0.2) is 455 Å². The van der Waals surface area contributed by atoms with Crippen molar-refractivity contribution in [2.75, 3.05) is 0 Å². The Labute approximate surface area is 771 Å². The summed E-state index contributed by atoms with van der Waals surface area (Å²) in [6, 6.07) is 161. The molecule has 9 heterocycles. The highest BCUT2D eigenvalue weighted by Crippen LogP contribution is 2.47. The molecule has 0 aliphatic rings. The third-order valence-corrected chi connectivity index (χ3v) is 28.8. The molecule has 0 amide bonds.